The van der Waals surface area contributed by atoms with Gasteiger partial charge in [-0.25, -0.2) is 0 Å². The van der Waals surface area contributed by atoms with Gasteiger partial charge in [0.15, 0.2) is 0 Å². The highest BCUT2D eigenvalue weighted by atomic mass is 19.4. The summed E-state index contributed by atoms with van der Waals surface area (Å²) in [5.74, 6) is -2.81. The van der Waals surface area contributed by atoms with Crippen LogP contribution in [0.3, 0.4) is 0 Å². The Morgan fingerprint density at radius 2 is 1.61 bits per heavy atom. The molecule has 1 heterocycles. The molecule has 0 amide bonds. The first-order valence-corrected chi connectivity index (χ1v) is 5.20. The Labute approximate surface area is 102 Å². The van der Waals surface area contributed by atoms with Crippen molar-refractivity contribution >= 4 is 10.9 Å². The van der Waals surface area contributed by atoms with Crippen LogP contribution < -0.4 is 0 Å². The normalized spacial score (nSPS) is 13.2. The first-order chi connectivity index (χ1) is 8.46. The summed E-state index contributed by atoms with van der Waals surface area (Å²) >= 11 is 0. The van der Waals surface area contributed by atoms with E-state index in [1.807, 2.05) is 0 Å². The zero-order valence-electron chi connectivity index (χ0n) is 9.86. The van der Waals surface area contributed by atoms with Crippen molar-refractivity contribution in [2.75, 3.05) is 14.2 Å². The SMILES string of the molecule is COC(OC)(n1ccc2ccccc21)C(F)(F)F. The minimum atomic E-state index is -4.70. The molecule has 1 aromatic heterocycles. The van der Waals surface area contributed by atoms with Gasteiger partial charge in [-0.15, -0.1) is 0 Å². The maximum Gasteiger partial charge on any atom is 0.466 e. The van der Waals surface area contributed by atoms with E-state index in [2.05, 4.69) is 9.47 Å². The molecule has 0 saturated heterocycles. The molecular formula is C12H12F3NO2. The number of fused-ring (bicyclic) bond motifs is 1. The molecule has 18 heavy (non-hydrogen) atoms. The number of methoxy groups -OCH3 is 2. The molecule has 0 aliphatic rings. The van der Waals surface area contributed by atoms with Crippen molar-refractivity contribution in [2.24, 2.45) is 0 Å². The highest BCUT2D eigenvalue weighted by Gasteiger charge is 2.59. The van der Waals surface area contributed by atoms with Crippen LogP contribution in [0.4, 0.5) is 13.2 Å². The number of para-hydroxylation sites is 1. The minimum Gasteiger partial charge on any atom is -0.329 e. The summed E-state index contributed by atoms with van der Waals surface area (Å²) in [5.41, 5.74) is 0.388. The fourth-order valence-corrected chi connectivity index (χ4v) is 1.99. The van der Waals surface area contributed by atoms with Crippen LogP contribution in [-0.2, 0) is 15.4 Å². The third kappa shape index (κ3) is 1.69. The van der Waals surface area contributed by atoms with Gasteiger partial charge in [0.25, 0.3) is 0 Å². The molecule has 6 heteroatoms. The van der Waals surface area contributed by atoms with Crippen LogP contribution in [-0.4, -0.2) is 25.0 Å². The highest BCUT2D eigenvalue weighted by molar-refractivity contribution is 5.80. The summed E-state index contributed by atoms with van der Waals surface area (Å²) in [7, 11) is 1.93. The van der Waals surface area contributed by atoms with Gasteiger partial charge in [0.05, 0.1) is 5.52 Å². The molecule has 98 valence electrons. The van der Waals surface area contributed by atoms with E-state index in [1.54, 1.807) is 30.3 Å². The molecule has 2 rings (SSSR count). The average Bonchev–Trinajstić information content (AvgIpc) is 2.74. The molecule has 0 spiro atoms. The molecule has 0 saturated carbocycles. The van der Waals surface area contributed by atoms with Crippen LogP contribution in [0.25, 0.3) is 10.9 Å². The van der Waals surface area contributed by atoms with Gasteiger partial charge < -0.3 is 9.47 Å². The van der Waals surface area contributed by atoms with E-state index >= 15 is 0 Å². The van der Waals surface area contributed by atoms with Gasteiger partial charge in [0, 0.05) is 20.4 Å². The number of halogens is 3. The van der Waals surface area contributed by atoms with Crippen molar-refractivity contribution < 1.29 is 22.6 Å². The lowest BCUT2D eigenvalue weighted by Gasteiger charge is -2.34. The number of ether oxygens (including phenoxy) is 2. The first kappa shape index (κ1) is 12.9. The second-order valence-corrected chi connectivity index (χ2v) is 3.73. The predicted octanol–water partition coefficient (Wildman–Crippen LogP) is 3.11. The maximum atomic E-state index is 13.2. The average molecular weight is 259 g/mol. The number of aromatic nitrogens is 1. The second kappa shape index (κ2) is 4.29. The van der Waals surface area contributed by atoms with Gasteiger partial charge in [0.1, 0.15) is 0 Å². The third-order valence-corrected chi connectivity index (χ3v) is 2.83. The Balaban J connectivity index is 2.70. The molecule has 0 atom stereocenters. The maximum absolute atomic E-state index is 13.2. The van der Waals surface area contributed by atoms with Crippen molar-refractivity contribution in [1.29, 1.82) is 0 Å². The Kier molecular flexibility index (Phi) is 3.08. The fraction of sp³-hybridized carbons (Fsp3) is 0.333. The molecule has 0 N–H and O–H groups in total. The summed E-state index contributed by atoms with van der Waals surface area (Å²) in [6.45, 7) is 0. The van der Waals surface area contributed by atoms with E-state index in [0.717, 1.165) is 18.8 Å². The first-order valence-electron chi connectivity index (χ1n) is 5.20. The minimum absolute atomic E-state index is 0.388. The van der Waals surface area contributed by atoms with E-state index in [1.165, 1.54) is 6.20 Å². The molecule has 3 nitrogen and oxygen atoms in total. The van der Waals surface area contributed by atoms with Gasteiger partial charge in [-0.2, -0.15) is 13.2 Å². The van der Waals surface area contributed by atoms with Gasteiger partial charge in [-0.1, -0.05) is 18.2 Å². The van der Waals surface area contributed by atoms with E-state index in [-0.39, 0.29) is 0 Å². The summed E-state index contributed by atoms with van der Waals surface area (Å²) in [4.78, 5) is 0. The van der Waals surface area contributed by atoms with Crippen LogP contribution in [0.5, 0.6) is 0 Å². The molecule has 0 fully saturated rings. The monoisotopic (exact) mass is 259 g/mol. The number of alkyl halides is 3. The largest absolute Gasteiger partial charge is 0.466 e. The van der Waals surface area contributed by atoms with Crippen molar-refractivity contribution in [2.45, 2.75) is 12.1 Å². The molecular weight excluding hydrogens is 247 g/mol. The molecule has 2 aromatic rings. The van der Waals surface area contributed by atoms with Crippen LogP contribution in [0.2, 0.25) is 0 Å². The summed E-state index contributed by atoms with van der Waals surface area (Å²) in [6, 6.07) is 8.28. The fourth-order valence-electron chi connectivity index (χ4n) is 1.99. The number of rotatable bonds is 3. The lowest BCUT2D eigenvalue weighted by Crippen LogP contribution is -2.50. The molecule has 1 aromatic carbocycles. The molecule has 0 aliphatic heterocycles. The summed E-state index contributed by atoms with van der Waals surface area (Å²) in [6.07, 6.45) is -3.40. The number of benzene rings is 1. The molecule has 0 aliphatic carbocycles. The van der Waals surface area contributed by atoms with Crippen molar-refractivity contribution in [3.05, 3.63) is 36.5 Å². The van der Waals surface area contributed by atoms with Crippen molar-refractivity contribution in [1.82, 2.24) is 4.57 Å². The van der Waals surface area contributed by atoms with Gasteiger partial charge in [-0.3, -0.25) is 4.57 Å². The second-order valence-electron chi connectivity index (χ2n) is 3.73. The molecule has 0 radical (unpaired) electrons. The van der Waals surface area contributed by atoms with Gasteiger partial charge in [0.2, 0.25) is 0 Å². The Morgan fingerprint density at radius 3 is 2.17 bits per heavy atom. The van der Waals surface area contributed by atoms with Crippen molar-refractivity contribution in [3.63, 3.8) is 0 Å². The summed E-state index contributed by atoms with van der Waals surface area (Å²) < 4.78 is 49.8. The number of hydrogen-bond donors (Lipinski definition) is 0. The lowest BCUT2D eigenvalue weighted by molar-refractivity contribution is -0.411. The van der Waals surface area contributed by atoms with Crippen molar-refractivity contribution in [3.8, 4) is 0 Å². The van der Waals surface area contributed by atoms with E-state index in [4.69, 9.17) is 0 Å². The summed E-state index contributed by atoms with van der Waals surface area (Å²) in [5, 5.41) is 0.681. The van der Waals surface area contributed by atoms with E-state index in [0.29, 0.717) is 10.9 Å². The Morgan fingerprint density at radius 1 is 1.00 bits per heavy atom. The Bertz CT molecular complexity index is 543. The lowest BCUT2D eigenvalue weighted by atomic mass is 10.2. The van der Waals surface area contributed by atoms with Crippen LogP contribution >= 0.6 is 0 Å². The van der Waals surface area contributed by atoms with Gasteiger partial charge >= 0.3 is 12.1 Å². The molecule has 0 unspecified atom stereocenters. The quantitative estimate of drug-likeness (QED) is 0.791. The topological polar surface area (TPSA) is 23.4 Å². The zero-order chi connectivity index (χ0) is 13.4. The number of hydrogen-bond acceptors (Lipinski definition) is 2. The molecule has 0 bridgehead atoms. The zero-order valence-corrected chi connectivity index (χ0v) is 9.86. The van der Waals surface area contributed by atoms with Crippen LogP contribution in [0, 0.1) is 0 Å². The standard InChI is InChI=1S/C12H12F3NO2/c1-17-12(18-2,11(13,14)15)16-8-7-9-5-3-4-6-10(9)16/h3-8H,1-2H3. The predicted molar refractivity (Wildman–Crippen MR) is 60.0 cm³/mol. The number of nitrogens with zero attached hydrogens (tertiary/aromatic N) is 1. The smallest absolute Gasteiger partial charge is 0.329 e. The van der Waals surface area contributed by atoms with E-state index < -0.39 is 12.1 Å². The van der Waals surface area contributed by atoms with Crippen LogP contribution in [0.15, 0.2) is 36.5 Å². The Hall–Kier alpha value is -1.53. The van der Waals surface area contributed by atoms with E-state index in [9.17, 15) is 13.2 Å². The highest BCUT2D eigenvalue weighted by Crippen LogP contribution is 2.40. The third-order valence-electron chi connectivity index (χ3n) is 2.83. The van der Waals surface area contributed by atoms with Gasteiger partial charge in [-0.05, 0) is 17.5 Å². The van der Waals surface area contributed by atoms with Crippen LogP contribution in [0.1, 0.15) is 0 Å².